The number of nitrogens with zero attached hydrogens (tertiary/aromatic N) is 2. The first-order valence-electron chi connectivity index (χ1n) is 5.01. The Morgan fingerprint density at radius 3 is 2.79 bits per heavy atom. The number of methoxy groups -OCH3 is 1. The van der Waals surface area contributed by atoms with Crippen LogP contribution in [0.3, 0.4) is 0 Å². The third-order valence-electron chi connectivity index (χ3n) is 1.95. The number of ether oxygens (including phenoxy) is 2. The molecule has 0 aliphatic heterocycles. The van der Waals surface area contributed by atoms with Crippen molar-refractivity contribution in [1.82, 2.24) is 9.78 Å². The molecule has 1 aromatic rings. The van der Waals surface area contributed by atoms with E-state index in [4.69, 9.17) is 9.47 Å². The van der Waals surface area contributed by atoms with Crippen molar-refractivity contribution < 1.29 is 9.47 Å². The quantitative estimate of drug-likeness (QED) is 0.626. The summed E-state index contributed by atoms with van der Waals surface area (Å²) < 4.78 is 12.3. The summed E-state index contributed by atoms with van der Waals surface area (Å²) in [5.41, 5.74) is 0. The Morgan fingerprint density at radius 2 is 2.14 bits per heavy atom. The van der Waals surface area contributed by atoms with Crippen LogP contribution in [0.4, 0.5) is 0 Å². The van der Waals surface area contributed by atoms with Crippen molar-refractivity contribution in [2.75, 3.05) is 20.3 Å². The average molecular weight is 198 g/mol. The van der Waals surface area contributed by atoms with Gasteiger partial charge in [-0.1, -0.05) is 0 Å². The number of rotatable bonds is 7. The lowest BCUT2D eigenvalue weighted by Crippen LogP contribution is -1.99. The van der Waals surface area contributed by atoms with E-state index in [0.29, 0.717) is 0 Å². The molecule has 0 saturated carbocycles. The van der Waals surface area contributed by atoms with Crippen LogP contribution >= 0.6 is 0 Å². The average Bonchev–Trinajstić information content (AvgIpc) is 2.65. The molecule has 0 bridgehead atoms. The highest BCUT2D eigenvalue weighted by Crippen LogP contribution is 2.08. The third kappa shape index (κ3) is 3.79. The topological polar surface area (TPSA) is 36.3 Å². The lowest BCUT2D eigenvalue weighted by atomic mass is 10.3. The van der Waals surface area contributed by atoms with Crippen molar-refractivity contribution in [2.24, 2.45) is 0 Å². The van der Waals surface area contributed by atoms with E-state index in [-0.39, 0.29) is 0 Å². The molecule has 0 atom stereocenters. The molecule has 4 heteroatoms. The van der Waals surface area contributed by atoms with Gasteiger partial charge in [-0.25, -0.2) is 0 Å². The molecule has 1 rings (SSSR count). The lowest BCUT2D eigenvalue weighted by molar-refractivity contribution is 0.184. The van der Waals surface area contributed by atoms with E-state index in [0.717, 1.165) is 38.3 Å². The van der Waals surface area contributed by atoms with Crippen molar-refractivity contribution in [2.45, 2.75) is 26.3 Å². The SMILES string of the molecule is CCn1cc(OCCCCOC)cn1. The Kier molecular flexibility index (Phi) is 5.07. The van der Waals surface area contributed by atoms with Gasteiger partial charge in [0, 0.05) is 20.3 Å². The van der Waals surface area contributed by atoms with Gasteiger partial charge in [0.15, 0.2) is 5.75 Å². The zero-order chi connectivity index (χ0) is 10.2. The number of aromatic nitrogens is 2. The van der Waals surface area contributed by atoms with Crippen LogP contribution in [0.25, 0.3) is 0 Å². The molecule has 0 saturated heterocycles. The molecular formula is C10H18N2O2. The summed E-state index contributed by atoms with van der Waals surface area (Å²) in [6, 6.07) is 0. The lowest BCUT2D eigenvalue weighted by Gasteiger charge is -2.02. The van der Waals surface area contributed by atoms with Crippen LogP contribution in [0.5, 0.6) is 5.75 Å². The second-order valence-electron chi connectivity index (χ2n) is 3.08. The molecule has 0 aliphatic carbocycles. The zero-order valence-electron chi connectivity index (χ0n) is 8.90. The van der Waals surface area contributed by atoms with Crippen LogP contribution < -0.4 is 4.74 Å². The smallest absolute Gasteiger partial charge is 0.157 e. The molecule has 0 radical (unpaired) electrons. The molecule has 80 valence electrons. The van der Waals surface area contributed by atoms with E-state index in [9.17, 15) is 0 Å². The van der Waals surface area contributed by atoms with Crippen molar-refractivity contribution in [3.63, 3.8) is 0 Å². The minimum absolute atomic E-state index is 0.735. The molecule has 14 heavy (non-hydrogen) atoms. The second kappa shape index (κ2) is 6.43. The monoisotopic (exact) mass is 198 g/mol. The summed E-state index contributed by atoms with van der Waals surface area (Å²) in [5.74, 6) is 0.851. The zero-order valence-corrected chi connectivity index (χ0v) is 8.90. The fourth-order valence-electron chi connectivity index (χ4n) is 1.13. The molecule has 0 unspecified atom stereocenters. The van der Waals surface area contributed by atoms with Gasteiger partial charge in [0.2, 0.25) is 0 Å². The van der Waals surface area contributed by atoms with Crippen molar-refractivity contribution >= 4 is 0 Å². The van der Waals surface area contributed by atoms with Gasteiger partial charge in [-0.05, 0) is 19.8 Å². The van der Waals surface area contributed by atoms with Crippen molar-refractivity contribution in [3.8, 4) is 5.75 Å². The van der Waals surface area contributed by atoms with E-state index in [1.165, 1.54) is 0 Å². The van der Waals surface area contributed by atoms with Crippen molar-refractivity contribution in [1.29, 1.82) is 0 Å². The normalized spacial score (nSPS) is 10.4. The highest BCUT2D eigenvalue weighted by Gasteiger charge is 1.97. The molecule has 1 heterocycles. The summed E-state index contributed by atoms with van der Waals surface area (Å²) in [6.07, 6.45) is 5.72. The molecule has 0 N–H and O–H groups in total. The third-order valence-corrected chi connectivity index (χ3v) is 1.95. The molecule has 0 amide bonds. The Labute approximate surface area is 84.8 Å². The number of unbranched alkanes of at least 4 members (excludes halogenated alkanes) is 1. The Bertz CT molecular complexity index is 248. The first-order chi connectivity index (χ1) is 6.86. The Morgan fingerprint density at radius 1 is 1.36 bits per heavy atom. The molecule has 0 aromatic carbocycles. The van der Waals surface area contributed by atoms with Gasteiger partial charge < -0.3 is 9.47 Å². The van der Waals surface area contributed by atoms with Crippen LogP contribution in [-0.2, 0) is 11.3 Å². The number of aryl methyl sites for hydroxylation is 1. The molecule has 0 aliphatic rings. The van der Waals surface area contributed by atoms with Gasteiger partial charge in [0.25, 0.3) is 0 Å². The maximum absolute atomic E-state index is 5.50. The predicted octanol–water partition coefficient (Wildman–Crippen LogP) is 1.71. The highest BCUT2D eigenvalue weighted by atomic mass is 16.5. The summed E-state index contributed by atoms with van der Waals surface area (Å²) in [6.45, 7) is 4.47. The number of hydrogen-bond acceptors (Lipinski definition) is 3. The molecule has 0 spiro atoms. The largest absolute Gasteiger partial charge is 0.490 e. The van der Waals surface area contributed by atoms with Crippen LogP contribution in [0.2, 0.25) is 0 Å². The second-order valence-corrected chi connectivity index (χ2v) is 3.08. The van der Waals surface area contributed by atoms with Gasteiger partial charge in [-0.2, -0.15) is 5.10 Å². The Balaban J connectivity index is 2.12. The number of hydrogen-bond donors (Lipinski definition) is 0. The fraction of sp³-hybridized carbons (Fsp3) is 0.700. The predicted molar refractivity (Wildman–Crippen MR) is 54.5 cm³/mol. The van der Waals surface area contributed by atoms with Crippen LogP contribution in [-0.4, -0.2) is 30.1 Å². The molecule has 4 nitrogen and oxygen atoms in total. The summed E-state index contributed by atoms with van der Waals surface area (Å²) in [7, 11) is 1.71. The first kappa shape index (κ1) is 11.0. The minimum Gasteiger partial charge on any atom is -0.490 e. The first-order valence-corrected chi connectivity index (χ1v) is 5.01. The molecule has 0 fully saturated rings. The van der Waals surface area contributed by atoms with Crippen LogP contribution in [0.15, 0.2) is 12.4 Å². The van der Waals surface area contributed by atoms with E-state index in [2.05, 4.69) is 12.0 Å². The maximum atomic E-state index is 5.50. The summed E-state index contributed by atoms with van der Waals surface area (Å²) >= 11 is 0. The van der Waals surface area contributed by atoms with Crippen molar-refractivity contribution in [3.05, 3.63) is 12.4 Å². The molecular weight excluding hydrogens is 180 g/mol. The fourth-order valence-corrected chi connectivity index (χ4v) is 1.13. The summed E-state index contributed by atoms with van der Waals surface area (Å²) in [4.78, 5) is 0. The van der Waals surface area contributed by atoms with E-state index in [1.54, 1.807) is 13.3 Å². The van der Waals surface area contributed by atoms with E-state index in [1.807, 2.05) is 10.9 Å². The van der Waals surface area contributed by atoms with Gasteiger partial charge >= 0.3 is 0 Å². The van der Waals surface area contributed by atoms with Crippen LogP contribution in [0, 0.1) is 0 Å². The molecule has 1 aromatic heterocycles. The van der Waals surface area contributed by atoms with Gasteiger partial charge in [-0.3, -0.25) is 4.68 Å². The Hall–Kier alpha value is -1.03. The van der Waals surface area contributed by atoms with Crippen LogP contribution in [0.1, 0.15) is 19.8 Å². The van der Waals surface area contributed by atoms with E-state index >= 15 is 0 Å². The van der Waals surface area contributed by atoms with Gasteiger partial charge in [0.05, 0.1) is 19.0 Å². The van der Waals surface area contributed by atoms with E-state index < -0.39 is 0 Å². The standard InChI is InChI=1S/C10H18N2O2/c1-3-12-9-10(8-11-12)14-7-5-4-6-13-2/h8-9H,3-7H2,1-2H3. The summed E-state index contributed by atoms with van der Waals surface area (Å²) in [5, 5.41) is 4.12. The van der Waals surface area contributed by atoms with Gasteiger partial charge in [0.1, 0.15) is 0 Å². The maximum Gasteiger partial charge on any atom is 0.157 e. The minimum atomic E-state index is 0.735. The van der Waals surface area contributed by atoms with Gasteiger partial charge in [-0.15, -0.1) is 0 Å². The highest BCUT2D eigenvalue weighted by molar-refractivity contribution is 5.11.